The van der Waals surface area contributed by atoms with Crippen LogP contribution in [0.15, 0.2) is 47.1 Å². The number of amides is 3. The van der Waals surface area contributed by atoms with E-state index >= 15 is 0 Å². The molecule has 0 bridgehead atoms. The number of nitrogens with zero attached hydrogens (tertiary/aromatic N) is 3. The van der Waals surface area contributed by atoms with Gasteiger partial charge in [-0.05, 0) is 36.2 Å². The average Bonchev–Trinajstić information content (AvgIpc) is 3.40. The van der Waals surface area contributed by atoms with Crippen molar-refractivity contribution in [3.05, 3.63) is 59.5 Å². The van der Waals surface area contributed by atoms with Crippen LogP contribution in [0, 0.1) is 0 Å². The molecule has 7 nitrogen and oxygen atoms in total. The summed E-state index contributed by atoms with van der Waals surface area (Å²) in [5.41, 5.74) is 1.59. The molecule has 1 aromatic heterocycles. The molecule has 28 heavy (non-hydrogen) atoms. The highest BCUT2D eigenvalue weighted by atomic mass is 16.3. The van der Waals surface area contributed by atoms with E-state index in [1.165, 1.54) is 6.26 Å². The van der Waals surface area contributed by atoms with Crippen LogP contribution in [-0.4, -0.2) is 65.1 Å². The third-order valence-corrected chi connectivity index (χ3v) is 5.30. The van der Waals surface area contributed by atoms with Crippen molar-refractivity contribution in [2.75, 3.05) is 32.7 Å². The number of carbonyl (C=O) groups excluding carboxylic acids is 3. The number of likely N-dealkylation sites (tertiary alicyclic amines) is 1. The molecule has 3 heterocycles. The number of hydrogen-bond donors (Lipinski definition) is 0. The maximum atomic E-state index is 12.9. The van der Waals surface area contributed by atoms with Crippen molar-refractivity contribution < 1.29 is 18.8 Å². The fourth-order valence-corrected chi connectivity index (χ4v) is 3.75. The van der Waals surface area contributed by atoms with Crippen molar-refractivity contribution in [1.29, 1.82) is 0 Å². The second-order valence-electron chi connectivity index (χ2n) is 7.18. The van der Waals surface area contributed by atoms with Gasteiger partial charge in [0, 0.05) is 51.3 Å². The molecule has 1 aromatic carbocycles. The first kappa shape index (κ1) is 18.3. The largest absolute Gasteiger partial charge is 0.459 e. The molecule has 2 saturated heterocycles. The first-order valence-corrected chi connectivity index (χ1v) is 9.60. The van der Waals surface area contributed by atoms with Gasteiger partial charge >= 0.3 is 0 Å². The SMILES string of the molecule is O=C1CCCN1Cc1cccc(C(=O)N2CCN(C(=O)c3ccco3)CC2)c1. The smallest absolute Gasteiger partial charge is 0.289 e. The summed E-state index contributed by atoms with van der Waals surface area (Å²) in [6, 6.07) is 10.8. The van der Waals surface area contributed by atoms with Crippen LogP contribution >= 0.6 is 0 Å². The van der Waals surface area contributed by atoms with Crippen LogP contribution in [-0.2, 0) is 11.3 Å². The molecule has 0 atom stereocenters. The summed E-state index contributed by atoms with van der Waals surface area (Å²) in [6.07, 6.45) is 2.99. The minimum Gasteiger partial charge on any atom is -0.459 e. The summed E-state index contributed by atoms with van der Waals surface area (Å²) in [5.74, 6) is 0.312. The second kappa shape index (κ2) is 7.88. The Bertz CT molecular complexity index is 870. The lowest BCUT2D eigenvalue weighted by Crippen LogP contribution is -2.50. The van der Waals surface area contributed by atoms with Crippen LogP contribution in [0.1, 0.15) is 39.3 Å². The number of furan rings is 1. The summed E-state index contributed by atoms with van der Waals surface area (Å²) >= 11 is 0. The van der Waals surface area contributed by atoms with E-state index in [2.05, 4.69) is 0 Å². The molecule has 2 aromatic rings. The van der Waals surface area contributed by atoms with Crippen molar-refractivity contribution in [3.8, 4) is 0 Å². The molecule has 7 heteroatoms. The predicted octanol–water partition coefficient (Wildman–Crippen LogP) is 2.00. The normalized spacial score (nSPS) is 17.3. The summed E-state index contributed by atoms with van der Waals surface area (Å²) in [6.45, 7) is 3.26. The van der Waals surface area contributed by atoms with Crippen molar-refractivity contribution in [1.82, 2.24) is 14.7 Å². The summed E-state index contributed by atoms with van der Waals surface area (Å²) in [7, 11) is 0. The Hall–Kier alpha value is -3.09. The minimum absolute atomic E-state index is 0.0419. The molecule has 2 aliphatic rings. The van der Waals surface area contributed by atoms with E-state index in [4.69, 9.17) is 4.42 Å². The lowest BCUT2D eigenvalue weighted by molar-refractivity contribution is -0.128. The van der Waals surface area contributed by atoms with Gasteiger partial charge in [0.2, 0.25) is 5.91 Å². The van der Waals surface area contributed by atoms with Crippen molar-refractivity contribution >= 4 is 17.7 Å². The summed E-state index contributed by atoms with van der Waals surface area (Å²) in [5, 5.41) is 0. The molecule has 0 unspecified atom stereocenters. The molecule has 0 spiro atoms. The van der Waals surface area contributed by atoms with Gasteiger partial charge in [0.05, 0.1) is 6.26 Å². The zero-order chi connectivity index (χ0) is 19.5. The van der Waals surface area contributed by atoms with Gasteiger partial charge in [-0.3, -0.25) is 14.4 Å². The highest BCUT2D eigenvalue weighted by molar-refractivity contribution is 5.95. The highest BCUT2D eigenvalue weighted by Gasteiger charge is 2.27. The first-order chi connectivity index (χ1) is 13.6. The van der Waals surface area contributed by atoms with E-state index in [0.717, 1.165) is 18.5 Å². The lowest BCUT2D eigenvalue weighted by atomic mass is 10.1. The maximum Gasteiger partial charge on any atom is 0.289 e. The van der Waals surface area contributed by atoms with Crippen LogP contribution < -0.4 is 0 Å². The van der Waals surface area contributed by atoms with E-state index in [1.54, 1.807) is 28.0 Å². The summed E-state index contributed by atoms with van der Waals surface area (Å²) < 4.78 is 5.17. The molecule has 0 aliphatic carbocycles. The van der Waals surface area contributed by atoms with E-state index in [0.29, 0.717) is 50.5 Å². The average molecular weight is 381 g/mol. The third kappa shape index (κ3) is 3.78. The standard InChI is InChI=1S/C21H23N3O4/c25-19-7-2-8-24(19)15-16-4-1-5-17(14-16)20(26)22-9-11-23(12-10-22)21(27)18-6-3-13-28-18/h1,3-6,13-14H,2,7-12,15H2. The number of rotatable bonds is 4. The van der Waals surface area contributed by atoms with Crippen LogP contribution in [0.4, 0.5) is 0 Å². The Kier molecular flexibility index (Phi) is 5.14. The fraction of sp³-hybridized carbons (Fsp3) is 0.381. The molecule has 0 saturated carbocycles. The van der Waals surface area contributed by atoms with Gasteiger partial charge in [0.15, 0.2) is 5.76 Å². The molecule has 3 amide bonds. The Morgan fingerprint density at radius 1 is 0.929 bits per heavy atom. The van der Waals surface area contributed by atoms with Gasteiger partial charge in [-0.2, -0.15) is 0 Å². The van der Waals surface area contributed by atoms with E-state index in [-0.39, 0.29) is 17.7 Å². The van der Waals surface area contributed by atoms with E-state index in [9.17, 15) is 14.4 Å². The molecule has 2 aliphatic heterocycles. The van der Waals surface area contributed by atoms with Crippen LogP contribution in [0.5, 0.6) is 0 Å². The Morgan fingerprint density at radius 3 is 2.32 bits per heavy atom. The van der Waals surface area contributed by atoms with Gasteiger partial charge in [-0.25, -0.2) is 0 Å². The quantitative estimate of drug-likeness (QED) is 0.812. The Labute approximate surface area is 163 Å². The first-order valence-electron chi connectivity index (χ1n) is 9.60. The second-order valence-corrected chi connectivity index (χ2v) is 7.18. The molecule has 146 valence electrons. The minimum atomic E-state index is -0.144. The maximum absolute atomic E-state index is 12.9. The lowest BCUT2D eigenvalue weighted by Gasteiger charge is -2.34. The van der Waals surface area contributed by atoms with Crippen LogP contribution in [0.3, 0.4) is 0 Å². The fourth-order valence-electron chi connectivity index (χ4n) is 3.75. The molecule has 4 rings (SSSR count). The monoisotopic (exact) mass is 381 g/mol. The topological polar surface area (TPSA) is 74.1 Å². The van der Waals surface area contributed by atoms with Crippen molar-refractivity contribution in [2.24, 2.45) is 0 Å². The van der Waals surface area contributed by atoms with Gasteiger partial charge in [0.25, 0.3) is 11.8 Å². The van der Waals surface area contributed by atoms with E-state index < -0.39 is 0 Å². The predicted molar refractivity (Wildman–Crippen MR) is 102 cm³/mol. The number of piperazine rings is 1. The zero-order valence-corrected chi connectivity index (χ0v) is 15.7. The summed E-state index contributed by atoms with van der Waals surface area (Å²) in [4.78, 5) is 42.4. The van der Waals surface area contributed by atoms with Gasteiger partial charge < -0.3 is 19.1 Å². The Morgan fingerprint density at radius 2 is 1.68 bits per heavy atom. The molecular formula is C21H23N3O4. The van der Waals surface area contributed by atoms with Crippen LogP contribution in [0.25, 0.3) is 0 Å². The zero-order valence-electron chi connectivity index (χ0n) is 15.7. The molecule has 2 fully saturated rings. The van der Waals surface area contributed by atoms with Gasteiger partial charge in [-0.1, -0.05) is 12.1 Å². The number of hydrogen-bond acceptors (Lipinski definition) is 4. The third-order valence-electron chi connectivity index (χ3n) is 5.30. The van der Waals surface area contributed by atoms with Crippen molar-refractivity contribution in [2.45, 2.75) is 19.4 Å². The van der Waals surface area contributed by atoms with Gasteiger partial charge in [0.1, 0.15) is 0 Å². The molecule has 0 N–H and O–H groups in total. The number of carbonyl (C=O) groups is 3. The highest BCUT2D eigenvalue weighted by Crippen LogP contribution is 2.17. The van der Waals surface area contributed by atoms with Crippen molar-refractivity contribution in [3.63, 3.8) is 0 Å². The van der Waals surface area contributed by atoms with Crippen LogP contribution in [0.2, 0.25) is 0 Å². The van der Waals surface area contributed by atoms with E-state index in [1.807, 2.05) is 23.1 Å². The Balaban J connectivity index is 1.37. The molecular weight excluding hydrogens is 358 g/mol. The number of benzene rings is 1. The molecule has 0 radical (unpaired) electrons. The van der Waals surface area contributed by atoms with Gasteiger partial charge in [-0.15, -0.1) is 0 Å².